The molecule has 1 atom stereocenters. The highest BCUT2D eigenvalue weighted by molar-refractivity contribution is 5.88. The van der Waals surface area contributed by atoms with Gasteiger partial charge in [-0.3, -0.25) is 9.69 Å². The first kappa shape index (κ1) is 14.9. The molecule has 1 rings (SSSR count). The van der Waals surface area contributed by atoms with Gasteiger partial charge in [0.05, 0.1) is 7.11 Å². The highest BCUT2D eigenvalue weighted by Crippen LogP contribution is 2.16. The molecule has 0 aromatic heterocycles. The molecule has 0 bridgehead atoms. The molecule has 0 amide bonds. The lowest BCUT2D eigenvalue weighted by atomic mass is 9.94. The van der Waals surface area contributed by atoms with Crippen LogP contribution >= 0.6 is 0 Å². The number of ether oxygens (including phenoxy) is 1. The Bertz CT molecular complexity index is 336. The van der Waals surface area contributed by atoms with Crippen molar-refractivity contribution < 1.29 is 14.3 Å². The van der Waals surface area contributed by atoms with Crippen molar-refractivity contribution in [1.29, 1.82) is 0 Å². The molecule has 0 aliphatic carbocycles. The Hall–Kier alpha value is -1.16. The zero-order valence-electron chi connectivity index (χ0n) is 11.6. The molecular weight excluding hydrogens is 230 g/mol. The van der Waals surface area contributed by atoms with E-state index in [0.29, 0.717) is 24.2 Å². The van der Waals surface area contributed by atoms with E-state index < -0.39 is 0 Å². The summed E-state index contributed by atoms with van der Waals surface area (Å²) in [5, 5.41) is 0. The van der Waals surface area contributed by atoms with Gasteiger partial charge in [-0.25, -0.2) is 4.79 Å². The number of ketones is 1. The van der Waals surface area contributed by atoms with Gasteiger partial charge in [-0.15, -0.1) is 0 Å². The van der Waals surface area contributed by atoms with E-state index in [4.69, 9.17) is 4.74 Å². The maximum absolute atomic E-state index is 11.6. The number of Topliss-reactive ketones (excluding diaryl/α,β-unsaturated/α-hetero) is 1. The van der Waals surface area contributed by atoms with Gasteiger partial charge in [-0.1, -0.05) is 19.9 Å². The van der Waals surface area contributed by atoms with Crippen molar-refractivity contribution in [2.75, 3.05) is 26.7 Å². The maximum Gasteiger partial charge on any atom is 0.333 e. The lowest BCUT2D eigenvalue weighted by Crippen LogP contribution is -2.40. The zero-order chi connectivity index (χ0) is 13.5. The number of methoxy groups -OCH3 is 1. The fraction of sp³-hybridized carbons (Fsp3) is 0.714. The average molecular weight is 253 g/mol. The van der Waals surface area contributed by atoms with Gasteiger partial charge in [0.25, 0.3) is 0 Å². The predicted molar refractivity (Wildman–Crippen MR) is 70.2 cm³/mol. The molecule has 0 aromatic carbocycles. The third-order valence-corrected chi connectivity index (χ3v) is 3.53. The van der Waals surface area contributed by atoms with Crippen molar-refractivity contribution >= 4 is 11.8 Å². The Kier molecular flexibility index (Phi) is 6.05. The van der Waals surface area contributed by atoms with Gasteiger partial charge < -0.3 is 4.74 Å². The van der Waals surface area contributed by atoms with Crippen molar-refractivity contribution in [2.45, 2.75) is 33.1 Å². The number of hydrogen-bond donors (Lipinski definition) is 0. The summed E-state index contributed by atoms with van der Waals surface area (Å²) in [5.74, 6) is 0.286. The quantitative estimate of drug-likeness (QED) is 0.553. The van der Waals surface area contributed by atoms with E-state index >= 15 is 0 Å². The Morgan fingerprint density at radius 1 is 1.50 bits per heavy atom. The minimum Gasteiger partial charge on any atom is -0.466 e. The summed E-state index contributed by atoms with van der Waals surface area (Å²) in [6.45, 7) is 6.32. The third kappa shape index (κ3) is 3.95. The van der Waals surface area contributed by atoms with Gasteiger partial charge in [-0.05, 0) is 12.8 Å². The maximum atomic E-state index is 11.6. The SMILES string of the molecule is CC/C(=C/CN1CCC(=O)C(CC)C1)C(=O)OC. The van der Waals surface area contributed by atoms with E-state index in [1.807, 2.05) is 19.9 Å². The molecule has 1 unspecified atom stereocenters. The molecule has 102 valence electrons. The highest BCUT2D eigenvalue weighted by Gasteiger charge is 2.25. The van der Waals surface area contributed by atoms with E-state index in [1.165, 1.54) is 7.11 Å². The molecule has 0 N–H and O–H groups in total. The van der Waals surface area contributed by atoms with Crippen LogP contribution in [0.1, 0.15) is 33.1 Å². The topological polar surface area (TPSA) is 46.6 Å². The van der Waals surface area contributed by atoms with Crippen molar-refractivity contribution in [3.8, 4) is 0 Å². The van der Waals surface area contributed by atoms with Crippen LogP contribution in [0, 0.1) is 5.92 Å². The number of rotatable bonds is 5. The number of carbonyl (C=O) groups is 2. The second kappa shape index (κ2) is 7.31. The first-order valence-corrected chi connectivity index (χ1v) is 6.64. The largest absolute Gasteiger partial charge is 0.466 e. The number of carbonyl (C=O) groups excluding carboxylic acids is 2. The van der Waals surface area contributed by atoms with E-state index in [2.05, 4.69) is 4.90 Å². The molecule has 1 saturated heterocycles. The van der Waals surface area contributed by atoms with Crippen LogP contribution < -0.4 is 0 Å². The summed E-state index contributed by atoms with van der Waals surface area (Å²) in [6, 6.07) is 0. The van der Waals surface area contributed by atoms with Crippen molar-refractivity contribution in [3.63, 3.8) is 0 Å². The van der Waals surface area contributed by atoms with E-state index in [1.54, 1.807) is 0 Å². The van der Waals surface area contributed by atoms with E-state index in [9.17, 15) is 9.59 Å². The van der Waals surface area contributed by atoms with Crippen LogP contribution in [0.2, 0.25) is 0 Å². The Morgan fingerprint density at radius 3 is 2.78 bits per heavy atom. The zero-order valence-corrected chi connectivity index (χ0v) is 11.6. The third-order valence-electron chi connectivity index (χ3n) is 3.53. The van der Waals surface area contributed by atoms with Gasteiger partial charge >= 0.3 is 5.97 Å². The van der Waals surface area contributed by atoms with Gasteiger partial charge in [0, 0.05) is 37.5 Å². The molecule has 0 aromatic rings. The van der Waals surface area contributed by atoms with Crippen LogP contribution in [-0.4, -0.2) is 43.4 Å². The van der Waals surface area contributed by atoms with Gasteiger partial charge in [0.15, 0.2) is 0 Å². The fourth-order valence-electron chi connectivity index (χ4n) is 2.24. The highest BCUT2D eigenvalue weighted by atomic mass is 16.5. The number of esters is 1. The van der Waals surface area contributed by atoms with Crippen LogP contribution in [0.15, 0.2) is 11.6 Å². The first-order valence-electron chi connectivity index (χ1n) is 6.64. The molecular formula is C14H23NO3. The molecule has 1 fully saturated rings. The molecule has 1 aliphatic rings. The van der Waals surface area contributed by atoms with Gasteiger partial charge in [0.1, 0.15) is 5.78 Å². The lowest BCUT2D eigenvalue weighted by Gasteiger charge is -2.30. The van der Waals surface area contributed by atoms with Crippen molar-refractivity contribution in [1.82, 2.24) is 4.90 Å². The number of hydrogen-bond acceptors (Lipinski definition) is 4. The van der Waals surface area contributed by atoms with Gasteiger partial charge in [0.2, 0.25) is 0 Å². The fourth-order valence-corrected chi connectivity index (χ4v) is 2.24. The molecule has 1 aliphatic heterocycles. The average Bonchev–Trinajstić information content (AvgIpc) is 2.40. The number of likely N-dealkylation sites (tertiary alicyclic amines) is 1. The summed E-state index contributed by atoms with van der Waals surface area (Å²) >= 11 is 0. The van der Waals surface area contributed by atoms with Crippen molar-refractivity contribution in [2.24, 2.45) is 5.92 Å². The van der Waals surface area contributed by atoms with E-state index in [0.717, 1.165) is 26.1 Å². The first-order chi connectivity index (χ1) is 8.62. The molecule has 4 nitrogen and oxygen atoms in total. The lowest BCUT2D eigenvalue weighted by molar-refractivity contribution is -0.136. The molecule has 1 heterocycles. The number of nitrogens with zero attached hydrogens (tertiary/aromatic N) is 1. The minimum atomic E-state index is -0.252. The summed E-state index contributed by atoms with van der Waals surface area (Å²) < 4.78 is 4.72. The Labute approximate surface area is 109 Å². The van der Waals surface area contributed by atoms with Crippen molar-refractivity contribution in [3.05, 3.63) is 11.6 Å². The smallest absolute Gasteiger partial charge is 0.333 e. The summed E-state index contributed by atoms with van der Waals surface area (Å²) in [4.78, 5) is 25.3. The minimum absolute atomic E-state index is 0.162. The normalized spacial score (nSPS) is 22.1. The number of piperidine rings is 1. The second-order valence-electron chi connectivity index (χ2n) is 4.66. The molecule has 0 saturated carbocycles. The van der Waals surface area contributed by atoms with Crippen LogP contribution in [0.5, 0.6) is 0 Å². The van der Waals surface area contributed by atoms with Crippen LogP contribution in [0.3, 0.4) is 0 Å². The Balaban J connectivity index is 2.54. The van der Waals surface area contributed by atoms with E-state index in [-0.39, 0.29) is 11.9 Å². The molecule has 18 heavy (non-hydrogen) atoms. The van der Waals surface area contributed by atoms with Crippen LogP contribution in [0.4, 0.5) is 0 Å². The van der Waals surface area contributed by atoms with Gasteiger partial charge in [-0.2, -0.15) is 0 Å². The monoisotopic (exact) mass is 253 g/mol. The summed E-state index contributed by atoms with van der Waals surface area (Å²) in [6.07, 6.45) is 4.13. The molecule has 0 radical (unpaired) electrons. The standard InChI is InChI=1S/C14H23NO3/c1-4-11(14(17)18-3)6-8-15-9-7-13(16)12(5-2)10-15/h6,12H,4-5,7-10H2,1-3H3/b11-6-. The predicted octanol–water partition coefficient (Wildman–Crippen LogP) is 1.80. The molecule has 0 spiro atoms. The van der Waals surface area contributed by atoms with Crippen LogP contribution in [0.25, 0.3) is 0 Å². The summed E-state index contributed by atoms with van der Waals surface area (Å²) in [7, 11) is 1.40. The summed E-state index contributed by atoms with van der Waals surface area (Å²) in [5.41, 5.74) is 0.711. The Morgan fingerprint density at radius 2 is 2.22 bits per heavy atom. The molecule has 4 heteroatoms. The second-order valence-corrected chi connectivity index (χ2v) is 4.66. The van der Waals surface area contributed by atoms with Crippen LogP contribution in [-0.2, 0) is 14.3 Å².